The average molecular weight is 266 g/mol. The highest BCUT2D eigenvalue weighted by molar-refractivity contribution is 7.15. The van der Waals surface area contributed by atoms with Crippen molar-refractivity contribution in [3.05, 3.63) is 5.01 Å². The van der Waals surface area contributed by atoms with Gasteiger partial charge in [-0.2, -0.15) is 0 Å². The monoisotopic (exact) mass is 266 g/mol. The van der Waals surface area contributed by atoms with Crippen LogP contribution >= 0.6 is 11.3 Å². The number of aryl methyl sites for hydroxylation is 1. The number of hydrogen-bond acceptors (Lipinski definition) is 5. The van der Waals surface area contributed by atoms with Crippen LogP contribution in [0, 0.1) is 12.8 Å². The molecule has 2 aliphatic heterocycles. The Bertz CT molecular complexity index is 441. The molecule has 3 rings (SSSR count). The van der Waals surface area contributed by atoms with E-state index < -0.39 is 0 Å². The van der Waals surface area contributed by atoms with Gasteiger partial charge in [-0.15, -0.1) is 10.2 Å². The molecule has 0 aromatic carbocycles. The molecule has 18 heavy (non-hydrogen) atoms. The predicted octanol–water partition coefficient (Wildman–Crippen LogP) is 1.30. The summed E-state index contributed by atoms with van der Waals surface area (Å²) in [4.78, 5) is 16.5. The van der Waals surface area contributed by atoms with Crippen LogP contribution in [0.15, 0.2) is 0 Å². The van der Waals surface area contributed by atoms with Gasteiger partial charge >= 0.3 is 0 Å². The first-order valence-corrected chi connectivity index (χ1v) is 7.39. The maximum Gasteiger partial charge on any atom is 0.227 e. The minimum absolute atomic E-state index is 0.160. The van der Waals surface area contributed by atoms with Crippen LogP contribution in [0.5, 0.6) is 0 Å². The Hall–Kier alpha value is -1.17. The van der Waals surface area contributed by atoms with Gasteiger partial charge in [0.25, 0.3) is 0 Å². The lowest BCUT2D eigenvalue weighted by molar-refractivity contribution is -0.133. The average Bonchev–Trinajstić information content (AvgIpc) is 3.09. The van der Waals surface area contributed by atoms with Crippen molar-refractivity contribution < 1.29 is 4.79 Å². The molecule has 2 saturated heterocycles. The summed E-state index contributed by atoms with van der Waals surface area (Å²) in [6.07, 6.45) is 3.28. The highest BCUT2D eigenvalue weighted by atomic mass is 32.1. The largest absolute Gasteiger partial charge is 0.346 e. The number of hydrogen-bond donors (Lipinski definition) is 0. The first kappa shape index (κ1) is 11.9. The second kappa shape index (κ2) is 4.84. The molecule has 5 nitrogen and oxygen atoms in total. The fourth-order valence-corrected chi connectivity index (χ4v) is 3.47. The molecule has 0 spiro atoms. The van der Waals surface area contributed by atoms with Crippen LogP contribution in [0.3, 0.4) is 0 Å². The Kier molecular flexibility index (Phi) is 3.20. The molecular formula is C12H18N4OS. The van der Waals surface area contributed by atoms with Crippen molar-refractivity contribution in [3.8, 4) is 0 Å². The minimum Gasteiger partial charge on any atom is -0.346 e. The second-order valence-electron chi connectivity index (χ2n) is 5.07. The molecule has 0 saturated carbocycles. The molecule has 2 fully saturated rings. The van der Waals surface area contributed by atoms with E-state index in [-0.39, 0.29) is 5.92 Å². The summed E-state index contributed by atoms with van der Waals surface area (Å²) in [6, 6.07) is 0. The number of carbonyl (C=O) groups excluding carboxylic acids is 1. The lowest BCUT2D eigenvalue weighted by Crippen LogP contribution is -2.35. The van der Waals surface area contributed by atoms with E-state index >= 15 is 0 Å². The lowest BCUT2D eigenvalue weighted by Gasteiger charge is -2.20. The first-order valence-electron chi connectivity index (χ1n) is 6.58. The van der Waals surface area contributed by atoms with Gasteiger partial charge in [-0.25, -0.2) is 0 Å². The summed E-state index contributed by atoms with van der Waals surface area (Å²) >= 11 is 1.61. The van der Waals surface area contributed by atoms with E-state index in [1.165, 1.54) is 0 Å². The summed E-state index contributed by atoms with van der Waals surface area (Å²) in [5.74, 6) is 0.503. The van der Waals surface area contributed by atoms with E-state index in [2.05, 4.69) is 15.1 Å². The number of aromatic nitrogens is 2. The molecule has 1 aromatic rings. The Morgan fingerprint density at radius 2 is 2.06 bits per heavy atom. The van der Waals surface area contributed by atoms with Crippen LogP contribution in [0.2, 0.25) is 0 Å². The van der Waals surface area contributed by atoms with Crippen molar-refractivity contribution in [2.24, 2.45) is 5.92 Å². The summed E-state index contributed by atoms with van der Waals surface area (Å²) in [6.45, 7) is 5.60. The number of rotatable bonds is 2. The highest BCUT2D eigenvalue weighted by Gasteiger charge is 2.33. The van der Waals surface area contributed by atoms with E-state index in [1.807, 2.05) is 11.8 Å². The van der Waals surface area contributed by atoms with Crippen molar-refractivity contribution in [1.29, 1.82) is 0 Å². The number of likely N-dealkylation sites (tertiary alicyclic amines) is 1. The molecule has 98 valence electrons. The molecule has 1 atom stereocenters. The Morgan fingerprint density at radius 3 is 2.72 bits per heavy atom. The van der Waals surface area contributed by atoms with Crippen LogP contribution in [0.25, 0.3) is 0 Å². The molecule has 6 heteroatoms. The zero-order chi connectivity index (χ0) is 12.5. The Balaban J connectivity index is 1.62. The highest BCUT2D eigenvalue weighted by Crippen LogP contribution is 2.28. The van der Waals surface area contributed by atoms with Crippen molar-refractivity contribution in [1.82, 2.24) is 15.1 Å². The van der Waals surface area contributed by atoms with Crippen LogP contribution in [0.1, 0.15) is 24.3 Å². The number of nitrogens with zero attached hydrogens (tertiary/aromatic N) is 4. The topological polar surface area (TPSA) is 49.3 Å². The predicted molar refractivity (Wildman–Crippen MR) is 70.8 cm³/mol. The van der Waals surface area contributed by atoms with Crippen molar-refractivity contribution in [2.45, 2.75) is 26.2 Å². The van der Waals surface area contributed by atoms with Crippen molar-refractivity contribution in [3.63, 3.8) is 0 Å². The van der Waals surface area contributed by atoms with E-state index in [0.717, 1.165) is 55.6 Å². The standard InChI is InChI=1S/C12H18N4OS/c1-9-13-14-12(18-9)16-7-4-10(8-16)11(17)15-5-2-3-6-15/h10H,2-8H2,1H3. The molecule has 0 aliphatic carbocycles. The normalized spacial score (nSPS) is 23.9. The van der Waals surface area contributed by atoms with Gasteiger partial charge < -0.3 is 9.80 Å². The quantitative estimate of drug-likeness (QED) is 0.809. The third kappa shape index (κ3) is 2.21. The van der Waals surface area contributed by atoms with Crippen LogP contribution in [-0.4, -0.2) is 47.2 Å². The van der Waals surface area contributed by atoms with E-state index in [4.69, 9.17) is 0 Å². The minimum atomic E-state index is 0.160. The fraction of sp³-hybridized carbons (Fsp3) is 0.750. The molecular weight excluding hydrogens is 248 g/mol. The summed E-state index contributed by atoms with van der Waals surface area (Å²) < 4.78 is 0. The fourth-order valence-electron chi connectivity index (χ4n) is 2.75. The maximum absolute atomic E-state index is 12.3. The third-order valence-corrected chi connectivity index (χ3v) is 4.64. The molecule has 1 unspecified atom stereocenters. The molecule has 2 aliphatic rings. The van der Waals surface area contributed by atoms with E-state index in [1.54, 1.807) is 11.3 Å². The van der Waals surface area contributed by atoms with Crippen LogP contribution < -0.4 is 4.90 Å². The smallest absolute Gasteiger partial charge is 0.227 e. The van der Waals surface area contributed by atoms with Crippen LogP contribution in [-0.2, 0) is 4.79 Å². The molecule has 0 radical (unpaired) electrons. The zero-order valence-corrected chi connectivity index (χ0v) is 11.4. The van der Waals surface area contributed by atoms with E-state index in [0.29, 0.717) is 5.91 Å². The van der Waals surface area contributed by atoms with Gasteiger partial charge in [-0.1, -0.05) is 11.3 Å². The number of amides is 1. The van der Waals surface area contributed by atoms with Crippen LogP contribution in [0.4, 0.5) is 5.13 Å². The third-order valence-electron chi connectivity index (χ3n) is 3.74. The molecule has 0 bridgehead atoms. The van der Waals surface area contributed by atoms with Gasteiger partial charge in [-0.05, 0) is 26.2 Å². The van der Waals surface area contributed by atoms with Crippen molar-refractivity contribution in [2.75, 3.05) is 31.1 Å². The van der Waals surface area contributed by atoms with Gasteiger partial charge in [0.05, 0.1) is 5.92 Å². The van der Waals surface area contributed by atoms with Gasteiger partial charge in [0.15, 0.2) is 0 Å². The van der Waals surface area contributed by atoms with Crippen molar-refractivity contribution >= 4 is 22.4 Å². The summed E-state index contributed by atoms with van der Waals surface area (Å²) in [5, 5.41) is 10.1. The molecule has 1 aromatic heterocycles. The number of anilines is 1. The van der Waals surface area contributed by atoms with Gasteiger partial charge in [0, 0.05) is 26.2 Å². The second-order valence-corrected chi connectivity index (χ2v) is 6.23. The van der Waals surface area contributed by atoms with Gasteiger partial charge in [0.1, 0.15) is 5.01 Å². The van der Waals surface area contributed by atoms with E-state index in [9.17, 15) is 4.79 Å². The lowest BCUT2D eigenvalue weighted by atomic mass is 10.1. The summed E-state index contributed by atoms with van der Waals surface area (Å²) in [5.41, 5.74) is 0. The zero-order valence-electron chi connectivity index (χ0n) is 10.6. The summed E-state index contributed by atoms with van der Waals surface area (Å²) in [7, 11) is 0. The SMILES string of the molecule is Cc1nnc(N2CCC(C(=O)N3CCCC3)C2)s1. The van der Waals surface area contributed by atoms with Gasteiger partial charge in [-0.3, -0.25) is 4.79 Å². The molecule has 1 amide bonds. The Morgan fingerprint density at radius 1 is 1.28 bits per heavy atom. The molecule has 0 N–H and O–H groups in total. The first-order chi connectivity index (χ1) is 8.74. The maximum atomic E-state index is 12.3. The molecule has 3 heterocycles. The Labute approximate surface area is 111 Å². The van der Waals surface area contributed by atoms with Gasteiger partial charge in [0.2, 0.25) is 11.0 Å². The number of carbonyl (C=O) groups is 1.